The van der Waals surface area contributed by atoms with Gasteiger partial charge in [-0.15, -0.1) is 0 Å². The summed E-state index contributed by atoms with van der Waals surface area (Å²) in [7, 11) is 0. The summed E-state index contributed by atoms with van der Waals surface area (Å²) < 4.78 is 0. The predicted molar refractivity (Wildman–Crippen MR) is 75.1 cm³/mol. The zero-order chi connectivity index (χ0) is 13.1. The van der Waals surface area contributed by atoms with Crippen LogP contribution in [0.5, 0.6) is 0 Å². The van der Waals surface area contributed by atoms with Gasteiger partial charge in [0.1, 0.15) is 6.07 Å². The zero-order valence-corrected chi connectivity index (χ0v) is 10.9. The maximum Gasteiger partial charge on any atom is 0.101 e. The summed E-state index contributed by atoms with van der Waals surface area (Å²) in [5.74, 6) is 0. The molecule has 90 valence electrons. The maximum absolute atomic E-state index is 9.14. The first-order chi connectivity index (χ1) is 8.58. The van der Waals surface area contributed by atoms with Crippen LogP contribution in [-0.2, 0) is 0 Å². The molecule has 2 rings (SSSR count). The minimum Gasteiger partial charge on any atom is -0.354 e. The fourth-order valence-electron chi connectivity index (χ4n) is 2.06. The fraction of sp³-hybridized carbons (Fsp3) is 0.188. The van der Waals surface area contributed by atoms with Gasteiger partial charge in [-0.3, -0.25) is 0 Å². The molecule has 2 nitrogen and oxygen atoms in total. The van der Waals surface area contributed by atoms with E-state index in [1.54, 1.807) is 0 Å². The fourth-order valence-corrected chi connectivity index (χ4v) is 2.06. The van der Waals surface area contributed by atoms with Gasteiger partial charge in [-0.25, -0.2) is 0 Å². The largest absolute Gasteiger partial charge is 0.354 e. The van der Waals surface area contributed by atoms with Crippen LogP contribution in [0.3, 0.4) is 0 Å². The molecule has 2 aromatic rings. The number of hydrogen-bond acceptors (Lipinski definition) is 2. The van der Waals surface area contributed by atoms with E-state index in [2.05, 4.69) is 43.4 Å². The lowest BCUT2D eigenvalue weighted by Gasteiger charge is -2.10. The van der Waals surface area contributed by atoms with E-state index in [4.69, 9.17) is 5.26 Å². The van der Waals surface area contributed by atoms with Crippen molar-refractivity contribution < 1.29 is 0 Å². The van der Waals surface area contributed by atoms with E-state index in [0.29, 0.717) is 5.56 Å². The van der Waals surface area contributed by atoms with Gasteiger partial charge in [0.2, 0.25) is 0 Å². The van der Waals surface area contributed by atoms with Gasteiger partial charge >= 0.3 is 0 Å². The van der Waals surface area contributed by atoms with Crippen LogP contribution in [0.4, 0.5) is 11.4 Å². The first kappa shape index (κ1) is 12.2. The Hall–Kier alpha value is -2.27. The summed E-state index contributed by atoms with van der Waals surface area (Å²) in [6.07, 6.45) is 0. The number of nitrogens with one attached hydrogen (secondary N) is 1. The molecular formula is C16H16N2. The Kier molecular flexibility index (Phi) is 3.34. The average molecular weight is 236 g/mol. The molecule has 0 saturated carbocycles. The normalized spacial score (nSPS) is 9.89. The van der Waals surface area contributed by atoms with Crippen molar-refractivity contribution in [3.63, 3.8) is 0 Å². The van der Waals surface area contributed by atoms with Gasteiger partial charge < -0.3 is 5.32 Å². The Morgan fingerprint density at radius 2 is 1.56 bits per heavy atom. The minimum atomic E-state index is 0.675. The van der Waals surface area contributed by atoms with E-state index in [-0.39, 0.29) is 0 Å². The van der Waals surface area contributed by atoms with Gasteiger partial charge in [0.05, 0.1) is 11.3 Å². The van der Waals surface area contributed by atoms with Crippen LogP contribution in [0.1, 0.15) is 22.3 Å². The molecular weight excluding hydrogens is 220 g/mol. The Morgan fingerprint density at radius 1 is 0.889 bits per heavy atom. The van der Waals surface area contributed by atoms with Crippen LogP contribution in [0.15, 0.2) is 36.4 Å². The first-order valence-electron chi connectivity index (χ1n) is 5.94. The molecule has 0 fully saturated rings. The van der Waals surface area contributed by atoms with Crippen LogP contribution in [-0.4, -0.2) is 0 Å². The molecule has 18 heavy (non-hydrogen) atoms. The monoisotopic (exact) mass is 236 g/mol. The zero-order valence-electron chi connectivity index (χ0n) is 10.9. The van der Waals surface area contributed by atoms with E-state index in [1.165, 1.54) is 11.1 Å². The molecule has 0 spiro atoms. The molecule has 0 aliphatic carbocycles. The van der Waals surface area contributed by atoms with E-state index in [9.17, 15) is 0 Å². The van der Waals surface area contributed by atoms with Crippen molar-refractivity contribution in [1.29, 1.82) is 5.26 Å². The van der Waals surface area contributed by atoms with Crippen LogP contribution >= 0.6 is 0 Å². The Labute approximate surface area is 108 Å². The Morgan fingerprint density at radius 3 is 2.17 bits per heavy atom. The Balaban J connectivity index is 2.37. The van der Waals surface area contributed by atoms with Crippen molar-refractivity contribution in [3.8, 4) is 6.07 Å². The second-order valence-corrected chi connectivity index (χ2v) is 4.66. The standard InChI is InChI=1S/C16H16N2/c1-11-4-5-16(14(7-11)10-17)18-15-8-12(2)6-13(3)9-15/h4-9,18H,1-3H3. The third-order valence-electron chi connectivity index (χ3n) is 2.80. The summed E-state index contributed by atoms with van der Waals surface area (Å²) in [5.41, 5.74) is 6.07. The van der Waals surface area contributed by atoms with Gasteiger partial charge in [-0.05, 0) is 61.7 Å². The van der Waals surface area contributed by atoms with Crippen LogP contribution in [0, 0.1) is 32.1 Å². The number of nitrogens with zero attached hydrogens (tertiary/aromatic N) is 1. The number of rotatable bonds is 2. The lowest BCUT2D eigenvalue weighted by Crippen LogP contribution is -1.95. The lowest BCUT2D eigenvalue weighted by molar-refractivity contribution is 1.36. The molecule has 0 aliphatic heterocycles. The van der Waals surface area contributed by atoms with Crippen LogP contribution in [0.2, 0.25) is 0 Å². The van der Waals surface area contributed by atoms with Gasteiger partial charge in [0, 0.05) is 5.69 Å². The molecule has 0 aromatic heterocycles. The summed E-state index contributed by atoms with van der Waals surface area (Å²) in [5, 5.41) is 12.4. The van der Waals surface area contributed by atoms with Crippen molar-refractivity contribution in [1.82, 2.24) is 0 Å². The van der Waals surface area contributed by atoms with Gasteiger partial charge in [0.25, 0.3) is 0 Å². The molecule has 2 aromatic carbocycles. The summed E-state index contributed by atoms with van der Waals surface area (Å²) in [6.45, 7) is 6.12. The lowest BCUT2D eigenvalue weighted by atomic mass is 10.1. The molecule has 0 amide bonds. The van der Waals surface area contributed by atoms with Crippen LogP contribution < -0.4 is 5.32 Å². The topological polar surface area (TPSA) is 35.8 Å². The van der Waals surface area contributed by atoms with Gasteiger partial charge in [-0.2, -0.15) is 5.26 Å². The molecule has 0 aliphatic rings. The van der Waals surface area contributed by atoms with E-state index in [0.717, 1.165) is 16.9 Å². The summed E-state index contributed by atoms with van der Waals surface area (Å²) in [6, 6.07) is 14.4. The van der Waals surface area contributed by atoms with Crippen molar-refractivity contribution >= 4 is 11.4 Å². The smallest absolute Gasteiger partial charge is 0.101 e. The number of aryl methyl sites for hydroxylation is 3. The number of benzene rings is 2. The average Bonchev–Trinajstić information content (AvgIpc) is 2.30. The molecule has 0 heterocycles. The second-order valence-electron chi connectivity index (χ2n) is 4.66. The van der Waals surface area contributed by atoms with E-state index < -0.39 is 0 Å². The highest BCUT2D eigenvalue weighted by Gasteiger charge is 2.03. The maximum atomic E-state index is 9.14. The molecule has 2 heteroatoms. The van der Waals surface area contributed by atoms with Gasteiger partial charge in [-0.1, -0.05) is 12.1 Å². The van der Waals surface area contributed by atoms with Crippen molar-refractivity contribution in [2.75, 3.05) is 5.32 Å². The summed E-state index contributed by atoms with van der Waals surface area (Å²) >= 11 is 0. The molecule has 0 atom stereocenters. The molecule has 0 unspecified atom stereocenters. The molecule has 1 N–H and O–H groups in total. The number of nitriles is 1. The Bertz CT molecular complexity index is 601. The van der Waals surface area contributed by atoms with Crippen molar-refractivity contribution in [2.24, 2.45) is 0 Å². The van der Waals surface area contributed by atoms with Gasteiger partial charge in [0.15, 0.2) is 0 Å². The quantitative estimate of drug-likeness (QED) is 0.847. The molecule has 0 saturated heterocycles. The summed E-state index contributed by atoms with van der Waals surface area (Å²) in [4.78, 5) is 0. The highest BCUT2D eigenvalue weighted by Crippen LogP contribution is 2.23. The SMILES string of the molecule is Cc1cc(C)cc(Nc2ccc(C)cc2C#N)c1. The highest BCUT2D eigenvalue weighted by molar-refractivity contribution is 5.67. The third kappa shape index (κ3) is 2.70. The third-order valence-corrected chi connectivity index (χ3v) is 2.80. The van der Waals surface area contributed by atoms with Crippen LogP contribution in [0.25, 0.3) is 0 Å². The number of hydrogen-bond donors (Lipinski definition) is 1. The first-order valence-corrected chi connectivity index (χ1v) is 5.94. The molecule has 0 bridgehead atoms. The van der Waals surface area contributed by atoms with E-state index in [1.807, 2.05) is 25.1 Å². The second kappa shape index (κ2) is 4.93. The van der Waals surface area contributed by atoms with E-state index >= 15 is 0 Å². The number of anilines is 2. The predicted octanol–water partition coefficient (Wildman–Crippen LogP) is 4.23. The minimum absolute atomic E-state index is 0.675. The molecule has 0 radical (unpaired) electrons. The highest BCUT2D eigenvalue weighted by atomic mass is 14.9. The van der Waals surface area contributed by atoms with Crippen molar-refractivity contribution in [2.45, 2.75) is 20.8 Å². The van der Waals surface area contributed by atoms with Crippen molar-refractivity contribution in [3.05, 3.63) is 58.7 Å².